The molecule has 0 unspecified atom stereocenters. The normalized spacial score (nSPS) is 12.2. The SMILES string of the molecule is CCNC(=NCc1cccc(Cn2cncn2)c1)NCCCN(C(C)C)C(C)C. The maximum atomic E-state index is 4.75. The van der Waals surface area contributed by atoms with Crippen molar-refractivity contribution in [2.75, 3.05) is 19.6 Å². The molecule has 0 radical (unpaired) electrons. The van der Waals surface area contributed by atoms with Crippen LogP contribution in [0, 0.1) is 0 Å². The van der Waals surface area contributed by atoms with Crippen LogP contribution in [-0.2, 0) is 13.1 Å². The van der Waals surface area contributed by atoms with Crippen molar-refractivity contribution < 1.29 is 0 Å². The fourth-order valence-corrected chi connectivity index (χ4v) is 3.42. The van der Waals surface area contributed by atoms with Gasteiger partial charge in [-0.3, -0.25) is 4.90 Å². The van der Waals surface area contributed by atoms with Crippen LogP contribution >= 0.6 is 0 Å². The van der Waals surface area contributed by atoms with Crippen molar-refractivity contribution >= 4 is 5.96 Å². The molecule has 1 aromatic heterocycles. The molecule has 0 fully saturated rings. The second-order valence-electron chi connectivity index (χ2n) is 7.81. The van der Waals surface area contributed by atoms with E-state index < -0.39 is 0 Å². The average Bonchev–Trinajstić information content (AvgIpc) is 3.18. The topological polar surface area (TPSA) is 70.4 Å². The average molecular weight is 400 g/mol. The number of aromatic nitrogens is 3. The summed E-state index contributed by atoms with van der Waals surface area (Å²) in [6.07, 6.45) is 4.38. The van der Waals surface area contributed by atoms with Crippen LogP contribution in [0.1, 0.15) is 52.2 Å². The van der Waals surface area contributed by atoms with Crippen molar-refractivity contribution in [3.8, 4) is 0 Å². The van der Waals surface area contributed by atoms with Crippen LogP contribution < -0.4 is 10.6 Å². The molecule has 7 nitrogen and oxygen atoms in total. The zero-order valence-electron chi connectivity index (χ0n) is 18.6. The summed E-state index contributed by atoms with van der Waals surface area (Å²) in [6, 6.07) is 9.61. The van der Waals surface area contributed by atoms with Gasteiger partial charge in [-0.05, 0) is 52.2 Å². The van der Waals surface area contributed by atoms with Gasteiger partial charge < -0.3 is 10.6 Å². The Morgan fingerprint density at radius 1 is 1.14 bits per heavy atom. The molecule has 2 aromatic rings. The lowest BCUT2D eigenvalue weighted by molar-refractivity contribution is 0.173. The van der Waals surface area contributed by atoms with Gasteiger partial charge in [0.2, 0.25) is 0 Å². The quantitative estimate of drug-likeness (QED) is 0.345. The van der Waals surface area contributed by atoms with Gasteiger partial charge in [-0.2, -0.15) is 5.10 Å². The predicted octanol–water partition coefficient (Wildman–Crippen LogP) is 2.89. The molecule has 0 aliphatic rings. The van der Waals surface area contributed by atoms with E-state index in [-0.39, 0.29) is 0 Å². The van der Waals surface area contributed by atoms with Crippen LogP contribution in [0.3, 0.4) is 0 Å². The fourth-order valence-electron chi connectivity index (χ4n) is 3.42. The van der Waals surface area contributed by atoms with Crippen molar-refractivity contribution in [1.82, 2.24) is 30.3 Å². The highest BCUT2D eigenvalue weighted by Gasteiger charge is 2.12. The van der Waals surface area contributed by atoms with E-state index in [0.29, 0.717) is 18.6 Å². The van der Waals surface area contributed by atoms with Crippen LogP contribution in [0.15, 0.2) is 41.9 Å². The molecule has 1 heterocycles. The van der Waals surface area contributed by atoms with Crippen LogP contribution in [0.5, 0.6) is 0 Å². The molecular weight excluding hydrogens is 362 g/mol. The lowest BCUT2D eigenvalue weighted by Crippen LogP contribution is -2.41. The lowest BCUT2D eigenvalue weighted by Gasteiger charge is -2.30. The van der Waals surface area contributed by atoms with E-state index >= 15 is 0 Å². The summed E-state index contributed by atoms with van der Waals surface area (Å²) >= 11 is 0. The van der Waals surface area contributed by atoms with Gasteiger partial charge in [0.25, 0.3) is 0 Å². The molecule has 0 saturated heterocycles. The van der Waals surface area contributed by atoms with E-state index in [1.807, 2.05) is 4.68 Å². The molecule has 29 heavy (non-hydrogen) atoms. The third-order valence-electron chi connectivity index (χ3n) is 4.78. The second-order valence-corrected chi connectivity index (χ2v) is 7.81. The maximum Gasteiger partial charge on any atom is 0.191 e. The Morgan fingerprint density at radius 2 is 1.90 bits per heavy atom. The van der Waals surface area contributed by atoms with Gasteiger partial charge in [0.15, 0.2) is 5.96 Å². The molecule has 0 saturated carbocycles. The molecule has 0 aliphatic heterocycles. The molecule has 2 N–H and O–H groups in total. The number of nitrogens with zero attached hydrogens (tertiary/aromatic N) is 5. The predicted molar refractivity (Wildman–Crippen MR) is 120 cm³/mol. The minimum atomic E-state index is 0.571. The monoisotopic (exact) mass is 399 g/mol. The van der Waals surface area contributed by atoms with Crippen LogP contribution in [-0.4, -0.2) is 57.3 Å². The number of hydrogen-bond donors (Lipinski definition) is 2. The highest BCUT2D eigenvalue weighted by atomic mass is 15.3. The van der Waals surface area contributed by atoms with E-state index in [9.17, 15) is 0 Å². The van der Waals surface area contributed by atoms with Gasteiger partial charge in [0.05, 0.1) is 13.1 Å². The Hall–Kier alpha value is -2.41. The molecule has 1 aromatic carbocycles. The zero-order chi connectivity index (χ0) is 21.1. The number of hydrogen-bond acceptors (Lipinski definition) is 4. The highest BCUT2D eigenvalue weighted by Crippen LogP contribution is 2.08. The Labute approximate surface area is 175 Å². The largest absolute Gasteiger partial charge is 0.357 e. The van der Waals surface area contributed by atoms with Gasteiger partial charge in [0.1, 0.15) is 12.7 Å². The van der Waals surface area contributed by atoms with Crippen molar-refractivity contribution in [1.29, 1.82) is 0 Å². The maximum absolute atomic E-state index is 4.75. The van der Waals surface area contributed by atoms with Crippen LogP contribution in [0.2, 0.25) is 0 Å². The van der Waals surface area contributed by atoms with Crippen molar-refractivity contribution in [2.24, 2.45) is 4.99 Å². The Morgan fingerprint density at radius 3 is 2.55 bits per heavy atom. The third-order valence-corrected chi connectivity index (χ3v) is 4.78. The Bertz CT molecular complexity index is 715. The first kappa shape index (κ1) is 22.9. The number of nitrogens with one attached hydrogen (secondary N) is 2. The highest BCUT2D eigenvalue weighted by molar-refractivity contribution is 5.79. The van der Waals surface area contributed by atoms with Crippen molar-refractivity contribution in [3.05, 3.63) is 48.0 Å². The van der Waals surface area contributed by atoms with E-state index in [1.54, 1.807) is 12.7 Å². The number of rotatable bonds is 11. The summed E-state index contributed by atoms with van der Waals surface area (Å²) in [5, 5.41) is 11.0. The molecule has 0 bridgehead atoms. The zero-order valence-corrected chi connectivity index (χ0v) is 18.6. The van der Waals surface area contributed by atoms with Crippen molar-refractivity contribution in [2.45, 2.75) is 66.2 Å². The number of benzene rings is 1. The first-order valence-corrected chi connectivity index (χ1v) is 10.7. The smallest absolute Gasteiger partial charge is 0.191 e. The van der Waals surface area contributed by atoms with Gasteiger partial charge in [0, 0.05) is 31.7 Å². The summed E-state index contributed by atoms with van der Waals surface area (Å²) in [7, 11) is 0. The van der Waals surface area contributed by atoms with E-state index in [4.69, 9.17) is 4.99 Å². The standard InChI is InChI=1S/C22H37N7/c1-6-24-22(25-11-8-12-29(18(2)3)19(4)5)26-14-20-9-7-10-21(13-20)15-28-17-23-16-27-28/h7,9-10,13,16-19H,6,8,11-12,14-15H2,1-5H3,(H2,24,25,26). The third kappa shape index (κ3) is 8.23. The van der Waals surface area contributed by atoms with Crippen LogP contribution in [0.25, 0.3) is 0 Å². The van der Waals surface area contributed by atoms with Crippen LogP contribution in [0.4, 0.5) is 0 Å². The van der Waals surface area contributed by atoms with Gasteiger partial charge in [-0.25, -0.2) is 14.7 Å². The Balaban J connectivity index is 1.86. The Kier molecular flexibility index (Phi) is 9.64. The first-order valence-electron chi connectivity index (χ1n) is 10.7. The molecule has 7 heteroatoms. The summed E-state index contributed by atoms with van der Waals surface area (Å²) in [5.41, 5.74) is 2.38. The van der Waals surface area contributed by atoms with Gasteiger partial charge in [-0.1, -0.05) is 24.3 Å². The van der Waals surface area contributed by atoms with Gasteiger partial charge in [-0.15, -0.1) is 0 Å². The summed E-state index contributed by atoms with van der Waals surface area (Å²) < 4.78 is 1.83. The molecular formula is C22H37N7. The summed E-state index contributed by atoms with van der Waals surface area (Å²) in [6.45, 7) is 15.3. The minimum absolute atomic E-state index is 0.571. The second kappa shape index (κ2) is 12.2. The van der Waals surface area contributed by atoms with E-state index in [2.05, 4.69) is 84.5 Å². The molecule has 0 amide bonds. The van der Waals surface area contributed by atoms with E-state index in [1.165, 1.54) is 11.1 Å². The summed E-state index contributed by atoms with van der Waals surface area (Å²) in [4.78, 5) is 11.3. The molecule has 2 rings (SSSR count). The molecule has 160 valence electrons. The number of aliphatic imine (C=N–C) groups is 1. The van der Waals surface area contributed by atoms with E-state index in [0.717, 1.165) is 38.6 Å². The molecule has 0 atom stereocenters. The lowest BCUT2D eigenvalue weighted by atomic mass is 10.1. The van der Waals surface area contributed by atoms with Gasteiger partial charge >= 0.3 is 0 Å². The summed E-state index contributed by atoms with van der Waals surface area (Å²) in [5.74, 6) is 0.870. The molecule has 0 aliphatic carbocycles. The first-order chi connectivity index (χ1) is 14.0. The minimum Gasteiger partial charge on any atom is -0.357 e. The number of guanidine groups is 1. The molecule has 0 spiro atoms. The fraction of sp³-hybridized carbons (Fsp3) is 0.591. The van der Waals surface area contributed by atoms with Crippen molar-refractivity contribution in [3.63, 3.8) is 0 Å².